The number of hydrogen-bond acceptors (Lipinski definition) is 3. The molecule has 0 aliphatic heterocycles. The van der Waals surface area contributed by atoms with E-state index in [9.17, 15) is 0 Å². The fraction of sp³-hybridized carbons (Fsp3) is 0.250. The van der Waals surface area contributed by atoms with Crippen molar-refractivity contribution in [1.29, 1.82) is 0 Å². The molecule has 0 fully saturated rings. The number of hydrogen-bond donors (Lipinski definition) is 1. The Hall–Kier alpha value is -1.26. The van der Waals surface area contributed by atoms with Gasteiger partial charge in [0.05, 0.1) is 5.69 Å². The molecule has 0 spiro atoms. The first kappa shape index (κ1) is 11.2. The quantitative estimate of drug-likeness (QED) is 0.885. The summed E-state index contributed by atoms with van der Waals surface area (Å²) in [5.74, 6) is 0. The Kier molecular flexibility index (Phi) is 3.31. The number of nitrogens with two attached hydrogens (primary N) is 1. The van der Waals surface area contributed by atoms with Gasteiger partial charge in [0.2, 0.25) is 0 Å². The first-order valence-corrected chi connectivity index (χ1v) is 5.99. The van der Waals surface area contributed by atoms with Crippen LogP contribution in [0, 0.1) is 6.92 Å². The minimum Gasteiger partial charge on any atom is -0.326 e. The lowest BCUT2D eigenvalue weighted by atomic mass is 10.3. The molecular formula is C12H15N3S. The molecule has 1 heterocycles. The van der Waals surface area contributed by atoms with E-state index in [1.807, 2.05) is 36.9 Å². The van der Waals surface area contributed by atoms with Crippen LogP contribution in [0.5, 0.6) is 0 Å². The van der Waals surface area contributed by atoms with Crippen molar-refractivity contribution in [2.24, 2.45) is 12.8 Å². The van der Waals surface area contributed by atoms with E-state index in [4.69, 9.17) is 5.73 Å². The highest BCUT2D eigenvalue weighted by Crippen LogP contribution is 2.31. The van der Waals surface area contributed by atoms with Crippen molar-refractivity contribution in [3.05, 3.63) is 41.6 Å². The van der Waals surface area contributed by atoms with Gasteiger partial charge in [-0.2, -0.15) is 5.10 Å². The summed E-state index contributed by atoms with van der Waals surface area (Å²) in [5.41, 5.74) is 7.90. The van der Waals surface area contributed by atoms with Gasteiger partial charge in [0.15, 0.2) is 0 Å². The van der Waals surface area contributed by atoms with E-state index in [1.165, 1.54) is 4.90 Å². The van der Waals surface area contributed by atoms with Crippen molar-refractivity contribution in [2.75, 3.05) is 0 Å². The van der Waals surface area contributed by atoms with E-state index < -0.39 is 0 Å². The summed E-state index contributed by atoms with van der Waals surface area (Å²) in [4.78, 5) is 1.21. The van der Waals surface area contributed by atoms with Crippen LogP contribution in [0.4, 0.5) is 0 Å². The Morgan fingerprint density at radius 1 is 1.31 bits per heavy atom. The fourth-order valence-electron chi connectivity index (χ4n) is 1.64. The molecule has 0 radical (unpaired) electrons. The predicted molar refractivity (Wildman–Crippen MR) is 66.4 cm³/mol. The molecule has 0 aliphatic rings. The number of rotatable bonds is 3. The average Bonchev–Trinajstić information content (AvgIpc) is 2.55. The summed E-state index contributed by atoms with van der Waals surface area (Å²) in [5, 5.41) is 5.52. The number of aromatic nitrogens is 2. The minimum absolute atomic E-state index is 0.537. The van der Waals surface area contributed by atoms with Crippen molar-refractivity contribution >= 4 is 11.8 Å². The molecule has 2 rings (SSSR count). The highest BCUT2D eigenvalue weighted by Gasteiger charge is 2.12. The molecule has 0 amide bonds. The number of nitrogens with zero attached hydrogens (tertiary/aromatic N) is 2. The topological polar surface area (TPSA) is 43.8 Å². The summed E-state index contributed by atoms with van der Waals surface area (Å²) in [6, 6.07) is 10.3. The summed E-state index contributed by atoms with van der Waals surface area (Å²) in [7, 11) is 1.96. The molecule has 0 saturated heterocycles. The van der Waals surface area contributed by atoms with Crippen LogP contribution in [0.3, 0.4) is 0 Å². The highest BCUT2D eigenvalue weighted by molar-refractivity contribution is 7.99. The minimum atomic E-state index is 0.537. The van der Waals surface area contributed by atoms with Gasteiger partial charge in [-0.1, -0.05) is 30.0 Å². The van der Waals surface area contributed by atoms with Gasteiger partial charge < -0.3 is 5.73 Å². The zero-order valence-electron chi connectivity index (χ0n) is 9.47. The molecule has 1 aromatic heterocycles. The lowest BCUT2D eigenvalue weighted by Crippen LogP contribution is -1.99. The Labute approximate surface area is 99.7 Å². The van der Waals surface area contributed by atoms with Crippen LogP contribution in [0.1, 0.15) is 11.3 Å². The number of benzene rings is 1. The van der Waals surface area contributed by atoms with Gasteiger partial charge in [0, 0.05) is 24.1 Å². The SMILES string of the molecule is Cc1nn(C)c(Sc2ccccc2)c1CN. The molecule has 16 heavy (non-hydrogen) atoms. The number of aryl methyl sites for hydroxylation is 2. The predicted octanol–water partition coefficient (Wildman–Crippen LogP) is 2.34. The van der Waals surface area contributed by atoms with Gasteiger partial charge in [0.1, 0.15) is 5.03 Å². The monoisotopic (exact) mass is 233 g/mol. The van der Waals surface area contributed by atoms with Gasteiger partial charge in [-0.15, -0.1) is 0 Å². The molecule has 0 bridgehead atoms. The van der Waals surface area contributed by atoms with Crippen molar-refractivity contribution < 1.29 is 0 Å². The van der Waals surface area contributed by atoms with Gasteiger partial charge in [-0.05, 0) is 19.1 Å². The maximum absolute atomic E-state index is 5.75. The molecule has 1 aromatic carbocycles. The standard InChI is InChI=1S/C12H15N3S/c1-9-11(8-13)12(15(2)14-9)16-10-6-4-3-5-7-10/h3-7H,8,13H2,1-2H3. The van der Waals surface area contributed by atoms with Crippen LogP contribution in [-0.4, -0.2) is 9.78 Å². The van der Waals surface area contributed by atoms with Crippen molar-refractivity contribution in [2.45, 2.75) is 23.4 Å². The van der Waals surface area contributed by atoms with Crippen LogP contribution in [0.15, 0.2) is 40.3 Å². The van der Waals surface area contributed by atoms with E-state index in [0.29, 0.717) is 6.54 Å². The molecule has 0 atom stereocenters. The molecule has 0 aliphatic carbocycles. The van der Waals surface area contributed by atoms with E-state index >= 15 is 0 Å². The molecular weight excluding hydrogens is 218 g/mol. The van der Waals surface area contributed by atoms with Crippen molar-refractivity contribution in [3.63, 3.8) is 0 Å². The molecule has 2 aromatic rings. The summed E-state index contributed by atoms with van der Waals surface area (Å²) < 4.78 is 1.90. The Morgan fingerprint density at radius 2 is 2.00 bits per heavy atom. The zero-order valence-corrected chi connectivity index (χ0v) is 10.3. The zero-order chi connectivity index (χ0) is 11.5. The van der Waals surface area contributed by atoms with E-state index in [1.54, 1.807) is 11.8 Å². The second-order valence-corrected chi connectivity index (χ2v) is 4.67. The third-order valence-electron chi connectivity index (χ3n) is 2.45. The van der Waals surface area contributed by atoms with Crippen molar-refractivity contribution in [3.8, 4) is 0 Å². The Bertz CT molecular complexity index is 477. The fourth-order valence-corrected chi connectivity index (χ4v) is 2.69. The van der Waals surface area contributed by atoms with Crippen molar-refractivity contribution in [1.82, 2.24) is 9.78 Å². The summed E-state index contributed by atoms with van der Waals surface area (Å²) >= 11 is 1.71. The molecule has 3 nitrogen and oxygen atoms in total. The maximum atomic E-state index is 5.75. The summed E-state index contributed by atoms with van der Waals surface area (Å²) in [6.07, 6.45) is 0. The first-order chi connectivity index (χ1) is 7.72. The third kappa shape index (κ3) is 2.13. The van der Waals surface area contributed by atoms with E-state index in [2.05, 4.69) is 17.2 Å². The molecule has 0 unspecified atom stereocenters. The maximum Gasteiger partial charge on any atom is 0.103 e. The van der Waals surface area contributed by atoms with E-state index in [-0.39, 0.29) is 0 Å². The molecule has 84 valence electrons. The Morgan fingerprint density at radius 3 is 2.62 bits per heavy atom. The third-order valence-corrected chi connectivity index (χ3v) is 3.66. The van der Waals surface area contributed by atoms with Crippen LogP contribution < -0.4 is 5.73 Å². The van der Waals surface area contributed by atoms with Crippen LogP contribution in [0.2, 0.25) is 0 Å². The lowest BCUT2D eigenvalue weighted by Gasteiger charge is -2.04. The van der Waals surface area contributed by atoms with Gasteiger partial charge in [-0.3, -0.25) is 4.68 Å². The normalized spacial score (nSPS) is 10.7. The van der Waals surface area contributed by atoms with Gasteiger partial charge in [0.25, 0.3) is 0 Å². The molecule has 2 N–H and O–H groups in total. The van der Waals surface area contributed by atoms with Crippen LogP contribution in [-0.2, 0) is 13.6 Å². The lowest BCUT2D eigenvalue weighted by molar-refractivity contribution is 0.688. The first-order valence-electron chi connectivity index (χ1n) is 5.18. The Balaban J connectivity index is 2.34. The highest BCUT2D eigenvalue weighted by atomic mass is 32.2. The second-order valence-electron chi connectivity index (χ2n) is 3.61. The average molecular weight is 233 g/mol. The molecule has 4 heteroatoms. The van der Waals surface area contributed by atoms with Gasteiger partial charge >= 0.3 is 0 Å². The molecule has 0 saturated carbocycles. The van der Waals surface area contributed by atoms with Crippen LogP contribution >= 0.6 is 11.8 Å². The smallest absolute Gasteiger partial charge is 0.103 e. The summed E-state index contributed by atoms with van der Waals surface area (Å²) in [6.45, 7) is 2.53. The largest absolute Gasteiger partial charge is 0.326 e. The van der Waals surface area contributed by atoms with E-state index in [0.717, 1.165) is 16.3 Å². The van der Waals surface area contributed by atoms with Gasteiger partial charge in [-0.25, -0.2) is 0 Å². The van der Waals surface area contributed by atoms with Crippen LogP contribution in [0.25, 0.3) is 0 Å². The second kappa shape index (κ2) is 4.72.